The van der Waals surface area contributed by atoms with Crippen molar-refractivity contribution in [2.75, 3.05) is 25.0 Å². The largest absolute Gasteiger partial charge is 0.371 e. The minimum atomic E-state index is -0.267. The number of hydrogen-bond acceptors (Lipinski definition) is 3. The van der Waals surface area contributed by atoms with Crippen LogP contribution in [-0.2, 0) is 11.3 Å². The van der Waals surface area contributed by atoms with Gasteiger partial charge in [-0.2, -0.15) is 0 Å². The molecule has 2 fully saturated rings. The molecule has 0 radical (unpaired) electrons. The molecule has 1 N–H and O–H groups in total. The highest BCUT2D eigenvalue weighted by molar-refractivity contribution is 5.83. The summed E-state index contributed by atoms with van der Waals surface area (Å²) in [6, 6.07) is 18.9. The molecular weight excluding hydrogens is 346 g/mol. The van der Waals surface area contributed by atoms with Crippen molar-refractivity contribution in [3.8, 4) is 0 Å². The van der Waals surface area contributed by atoms with Gasteiger partial charge in [0, 0.05) is 31.4 Å². The van der Waals surface area contributed by atoms with Gasteiger partial charge in [-0.1, -0.05) is 48.5 Å². The monoisotopic (exact) mass is 377 g/mol. The number of carbonyl (C=O) groups excluding carboxylic acids is 1. The maximum absolute atomic E-state index is 13.0. The third kappa shape index (κ3) is 4.56. The second-order valence-corrected chi connectivity index (χ2v) is 8.19. The third-order valence-electron chi connectivity index (χ3n) is 5.84. The summed E-state index contributed by atoms with van der Waals surface area (Å²) in [5, 5.41) is 3.21. The van der Waals surface area contributed by atoms with E-state index in [4.69, 9.17) is 0 Å². The lowest BCUT2D eigenvalue weighted by Gasteiger charge is -2.33. The van der Waals surface area contributed by atoms with Crippen LogP contribution in [0, 0.1) is 0 Å². The van der Waals surface area contributed by atoms with E-state index in [2.05, 4.69) is 58.6 Å². The number of rotatable bonds is 7. The molecule has 1 aliphatic heterocycles. The number of likely N-dealkylation sites (N-methyl/N-ethyl adjacent to an activating group) is 1. The van der Waals surface area contributed by atoms with Gasteiger partial charge < -0.3 is 10.2 Å². The van der Waals surface area contributed by atoms with Crippen LogP contribution in [0.25, 0.3) is 0 Å². The molecule has 2 aliphatic rings. The molecule has 0 aromatic heterocycles. The Morgan fingerprint density at radius 2 is 1.71 bits per heavy atom. The Balaban J connectivity index is 1.56. The maximum Gasteiger partial charge on any atom is 0.242 e. The fourth-order valence-corrected chi connectivity index (χ4v) is 4.20. The quantitative estimate of drug-likeness (QED) is 0.788. The molecule has 0 unspecified atom stereocenters. The van der Waals surface area contributed by atoms with Gasteiger partial charge in [0.15, 0.2) is 0 Å². The van der Waals surface area contributed by atoms with Crippen LogP contribution in [0.15, 0.2) is 54.6 Å². The summed E-state index contributed by atoms with van der Waals surface area (Å²) < 4.78 is 0. The van der Waals surface area contributed by atoms with E-state index in [0.717, 1.165) is 38.0 Å². The second-order valence-electron chi connectivity index (χ2n) is 8.19. The van der Waals surface area contributed by atoms with Crippen LogP contribution in [0.2, 0.25) is 0 Å². The highest BCUT2D eigenvalue weighted by Gasteiger charge is 2.31. The fourth-order valence-electron chi connectivity index (χ4n) is 4.20. The van der Waals surface area contributed by atoms with Crippen molar-refractivity contribution in [3.63, 3.8) is 0 Å². The van der Waals surface area contributed by atoms with E-state index >= 15 is 0 Å². The van der Waals surface area contributed by atoms with E-state index in [9.17, 15) is 4.79 Å². The number of amides is 1. The van der Waals surface area contributed by atoms with E-state index in [0.29, 0.717) is 6.04 Å². The molecule has 1 saturated carbocycles. The van der Waals surface area contributed by atoms with Crippen LogP contribution in [0.3, 0.4) is 0 Å². The Bertz CT molecular complexity index is 781. The predicted molar refractivity (Wildman–Crippen MR) is 114 cm³/mol. The normalized spacial score (nSPS) is 18.1. The van der Waals surface area contributed by atoms with Gasteiger partial charge in [0.1, 0.15) is 6.04 Å². The zero-order valence-electron chi connectivity index (χ0n) is 16.8. The van der Waals surface area contributed by atoms with Crippen LogP contribution >= 0.6 is 0 Å². The van der Waals surface area contributed by atoms with Crippen molar-refractivity contribution in [2.45, 2.75) is 50.7 Å². The molecule has 0 bridgehead atoms. The predicted octanol–water partition coefficient (Wildman–Crippen LogP) is 4.13. The zero-order chi connectivity index (χ0) is 19.3. The van der Waals surface area contributed by atoms with Gasteiger partial charge in [0.25, 0.3) is 0 Å². The molecule has 0 spiro atoms. The van der Waals surface area contributed by atoms with Crippen molar-refractivity contribution in [2.24, 2.45) is 0 Å². The first-order valence-corrected chi connectivity index (χ1v) is 10.6. The molecule has 148 valence electrons. The van der Waals surface area contributed by atoms with Crippen LogP contribution in [0.1, 0.15) is 49.3 Å². The Morgan fingerprint density at radius 3 is 2.43 bits per heavy atom. The van der Waals surface area contributed by atoms with Crippen LogP contribution in [0.5, 0.6) is 0 Å². The van der Waals surface area contributed by atoms with E-state index in [1.54, 1.807) is 0 Å². The molecule has 4 rings (SSSR count). The summed E-state index contributed by atoms with van der Waals surface area (Å²) in [5.41, 5.74) is 3.68. The number of nitrogens with zero attached hydrogens (tertiary/aromatic N) is 2. The Kier molecular flexibility index (Phi) is 5.96. The van der Waals surface area contributed by atoms with Gasteiger partial charge >= 0.3 is 0 Å². The van der Waals surface area contributed by atoms with Gasteiger partial charge in [0.05, 0.1) is 0 Å². The molecule has 1 heterocycles. The van der Waals surface area contributed by atoms with Crippen LogP contribution in [0.4, 0.5) is 5.69 Å². The van der Waals surface area contributed by atoms with Crippen molar-refractivity contribution >= 4 is 11.6 Å². The van der Waals surface area contributed by atoms with Crippen molar-refractivity contribution in [3.05, 3.63) is 65.7 Å². The minimum absolute atomic E-state index is 0.117. The van der Waals surface area contributed by atoms with Crippen LogP contribution < -0.4 is 10.2 Å². The molecule has 1 aliphatic carbocycles. The number of piperidine rings is 1. The molecule has 2 aromatic rings. The second kappa shape index (κ2) is 8.78. The Labute approximate surface area is 168 Å². The summed E-state index contributed by atoms with van der Waals surface area (Å²) in [5.74, 6) is 0.117. The average molecular weight is 378 g/mol. The summed E-state index contributed by atoms with van der Waals surface area (Å²) in [7, 11) is 2.07. The van der Waals surface area contributed by atoms with Gasteiger partial charge in [-0.3, -0.25) is 9.69 Å². The average Bonchev–Trinajstić information content (AvgIpc) is 3.54. The summed E-state index contributed by atoms with van der Waals surface area (Å²) in [6.45, 7) is 3.01. The van der Waals surface area contributed by atoms with Crippen molar-refractivity contribution in [1.29, 1.82) is 0 Å². The molecule has 4 heteroatoms. The molecule has 1 amide bonds. The lowest BCUT2D eigenvalue weighted by Crippen LogP contribution is -2.39. The highest BCUT2D eigenvalue weighted by Crippen LogP contribution is 2.29. The Hall–Kier alpha value is -2.33. The van der Waals surface area contributed by atoms with Gasteiger partial charge in [-0.25, -0.2) is 0 Å². The number of benzene rings is 2. The van der Waals surface area contributed by atoms with E-state index in [-0.39, 0.29) is 11.9 Å². The van der Waals surface area contributed by atoms with E-state index in [1.807, 2.05) is 18.2 Å². The third-order valence-corrected chi connectivity index (χ3v) is 5.84. The first kappa shape index (κ1) is 19.0. The SMILES string of the molecule is CN(Cc1ccccc1N1CCCCC1)[C@@H](C(=O)NC1CC1)c1ccccc1. The number of hydrogen-bond donors (Lipinski definition) is 1. The van der Waals surface area contributed by atoms with Gasteiger partial charge in [-0.15, -0.1) is 0 Å². The number of anilines is 1. The minimum Gasteiger partial charge on any atom is -0.371 e. The molecule has 1 atom stereocenters. The molecule has 4 nitrogen and oxygen atoms in total. The topological polar surface area (TPSA) is 35.6 Å². The summed E-state index contributed by atoms with van der Waals surface area (Å²) >= 11 is 0. The molecular formula is C24H31N3O. The Morgan fingerprint density at radius 1 is 1.04 bits per heavy atom. The number of carbonyl (C=O) groups is 1. The molecule has 28 heavy (non-hydrogen) atoms. The fraction of sp³-hybridized carbons (Fsp3) is 0.458. The zero-order valence-corrected chi connectivity index (χ0v) is 16.8. The molecule has 2 aromatic carbocycles. The van der Waals surface area contributed by atoms with E-state index < -0.39 is 0 Å². The van der Waals surface area contributed by atoms with E-state index in [1.165, 1.54) is 30.5 Å². The maximum atomic E-state index is 13.0. The van der Waals surface area contributed by atoms with Crippen molar-refractivity contribution in [1.82, 2.24) is 10.2 Å². The standard InChI is InChI=1S/C24H31N3O/c1-26(18-20-12-6-7-13-22(20)27-16-8-3-9-17-27)23(19-10-4-2-5-11-19)24(28)25-21-14-15-21/h2,4-7,10-13,21,23H,3,8-9,14-18H2,1H3,(H,25,28)/t23-/m1/s1. The summed E-state index contributed by atoms with van der Waals surface area (Å²) in [4.78, 5) is 17.7. The van der Waals surface area contributed by atoms with Gasteiger partial charge in [-0.05, 0) is 56.3 Å². The first-order valence-electron chi connectivity index (χ1n) is 10.6. The van der Waals surface area contributed by atoms with Gasteiger partial charge in [0.2, 0.25) is 5.91 Å². The molecule has 1 saturated heterocycles. The first-order chi connectivity index (χ1) is 13.7. The van der Waals surface area contributed by atoms with Crippen molar-refractivity contribution < 1.29 is 4.79 Å². The number of nitrogens with one attached hydrogen (secondary N) is 1. The lowest BCUT2D eigenvalue weighted by molar-refractivity contribution is -0.126. The van der Waals surface area contributed by atoms with Crippen LogP contribution in [-0.4, -0.2) is 37.0 Å². The smallest absolute Gasteiger partial charge is 0.242 e. The summed E-state index contributed by atoms with van der Waals surface area (Å²) in [6.07, 6.45) is 6.07. The number of para-hydroxylation sites is 1. The highest BCUT2D eigenvalue weighted by atomic mass is 16.2. The lowest BCUT2D eigenvalue weighted by atomic mass is 10.0.